The predicted molar refractivity (Wildman–Crippen MR) is 49.6 cm³/mol. The minimum Gasteiger partial charge on any atom is -0.496 e. The van der Waals surface area contributed by atoms with Crippen LogP contribution in [0.2, 0.25) is 0 Å². The fraction of sp³-hybridized carbons (Fsp3) is 0.400. The van der Waals surface area contributed by atoms with Crippen LogP contribution in [0.25, 0.3) is 0 Å². The SMILES string of the molecule is COc1cccc2c1C[C@@H](O)[C@@H]2N. The third-order valence-corrected chi connectivity index (χ3v) is 2.58. The van der Waals surface area contributed by atoms with Crippen molar-refractivity contribution < 1.29 is 9.84 Å². The van der Waals surface area contributed by atoms with Crippen LogP contribution in [-0.4, -0.2) is 18.3 Å². The Balaban J connectivity index is 2.49. The molecule has 0 bridgehead atoms. The van der Waals surface area contributed by atoms with E-state index in [1.54, 1.807) is 7.11 Å². The first kappa shape index (κ1) is 8.53. The van der Waals surface area contributed by atoms with Crippen LogP contribution in [0.4, 0.5) is 0 Å². The summed E-state index contributed by atoms with van der Waals surface area (Å²) in [7, 11) is 1.63. The number of aliphatic hydroxyl groups excluding tert-OH is 1. The van der Waals surface area contributed by atoms with E-state index in [1.165, 1.54) is 0 Å². The van der Waals surface area contributed by atoms with Gasteiger partial charge < -0.3 is 15.6 Å². The number of hydrogen-bond donors (Lipinski definition) is 2. The number of fused-ring (bicyclic) bond motifs is 1. The van der Waals surface area contributed by atoms with E-state index in [9.17, 15) is 5.11 Å². The summed E-state index contributed by atoms with van der Waals surface area (Å²) in [6, 6.07) is 5.47. The standard InChI is InChI=1S/C10H13NO2/c1-13-9-4-2-3-6-7(9)5-8(12)10(6)11/h2-4,8,10,12H,5,11H2,1H3/t8-,10-/m1/s1. The van der Waals surface area contributed by atoms with Crippen LogP contribution in [0.3, 0.4) is 0 Å². The molecule has 0 radical (unpaired) electrons. The number of benzene rings is 1. The molecule has 3 heteroatoms. The van der Waals surface area contributed by atoms with E-state index in [1.807, 2.05) is 18.2 Å². The molecule has 0 saturated carbocycles. The molecule has 0 aromatic heterocycles. The van der Waals surface area contributed by atoms with Crippen molar-refractivity contribution in [3.8, 4) is 5.75 Å². The van der Waals surface area contributed by atoms with Crippen LogP contribution in [-0.2, 0) is 6.42 Å². The van der Waals surface area contributed by atoms with E-state index < -0.39 is 6.10 Å². The first-order chi connectivity index (χ1) is 6.24. The van der Waals surface area contributed by atoms with Crippen LogP contribution in [0.5, 0.6) is 5.75 Å². The van der Waals surface area contributed by atoms with Gasteiger partial charge in [-0.15, -0.1) is 0 Å². The average molecular weight is 179 g/mol. The van der Waals surface area contributed by atoms with Crippen molar-refractivity contribution >= 4 is 0 Å². The molecule has 0 unspecified atom stereocenters. The van der Waals surface area contributed by atoms with Gasteiger partial charge in [0.25, 0.3) is 0 Å². The normalized spacial score (nSPS) is 25.8. The molecule has 0 heterocycles. The van der Waals surface area contributed by atoms with Gasteiger partial charge in [-0.05, 0) is 11.6 Å². The van der Waals surface area contributed by atoms with Crippen LogP contribution >= 0.6 is 0 Å². The fourth-order valence-corrected chi connectivity index (χ4v) is 1.85. The zero-order valence-corrected chi connectivity index (χ0v) is 7.53. The second-order valence-electron chi connectivity index (χ2n) is 3.33. The first-order valence-corrected chi connectivity index (χ1v) is 4.33. The lowest BCUT2D eigenvalue weighted by Crippen LogP contribution is -2.21. The number of aliphatic hydroxyl groups is 1. The molecule has 3 N–H and O–H groups in total. The predicted octanol–water partition coefficient (Wildman–Crippen LogP) is 0.612. The van der Waals surface area contributed by atoms with Crippen LogP contribution in [0, 0.1) is 0 Å². The Morgan fingerprint density at radius 1 is 1.54 bits per heavy atom. The van der Waals surface area contributed by atoms with Crippen molar-refractivity contribution in [2.45, 2.75) is 18.6 Å². The van der Waals surface area contributed by atoms with E-state index in [0.29, 0.717) is 6.42 Å². The molecule has 1 aromatic rings. The summed E-state index contributed by atoms with van der Waals surface area (Å²) in [6.07, 6.45) is 0.131. The third-order valence-electron chi connectivity index (χ3n) is 2.58. The zero-order chi connectivity index (χ0) is 9.42. The van der Waals surface area contributed by atoms with Gasteiger partial charge in [0.05, 0.1) is 19.3 Å². The minimum absolute atomic E-state index is 0.259. The summed E-state index contributed by atoms with van der Waals surface area (Å²) in [5, 5.41) is 9.56. The Kier molecular flexibility index (Phi) is 1.98. The molecule has 0 fully saturated rings. The summed E-state index contributed by atoms with van der Waals surface area (Å²) in [5.41, 5.74) is 7.86. The summed E-state index contributed by atoms with van der Waals surface area (Å²) in [5.74, 6) is 0.824. The number of hydrogen-bond acceptors (Lipinski definition) is 3. The van der Waals surface area contributed by atoms with Gasteiger partial charge in [-0.2, -0.15) is 0 Å². The molecule has 1 aromatic carbocycles. The number of rotatable bonds is 1. The Hall–Kier alpha value is -1.06. The van der Waals surface area contributed by atoms with Gasteiger partial charge in [0.1, 0.15) is 5.75 Å². The molecule has 3 nitrogen and oxygen atoms in total. The molecule has 1 aliphatic carbocycles. The van der Waals surface area contributed by atoms with E-state index in [0.717, 1.165) is 16.9 Å². The molecule has 1 aliphatic rings. The third kappa shape index (κ3) is 1.20. The lowest BCUT2D eigenvalue weighted by molar-refractivity contribution is 0.158. The van der Waals surface area contributed by atoms with Gasteiger partial charge in [-0.1, -0.05) is 12.1 Å². The van der Waals surface area contributed by atoms with Gasteiger partial charge in [-0.25, -0.2) is 0 Å². The van der Waals surface area contributed by atoms with Crippen molar-refractivity contribution in [3.63, 3.8) is 0 Å². The van der Waals surface area contributed by atoms with Crippen molar-refractivity contribution in [2.75, 3.05) is 7.11 Å². The van der Waals surface area contributed by atoms with Gasteiger partial charge in [0.15, 0.2) is 0 Å². The molecule has 2 rings (SSSR count). The molecule has 13 heavy (non-hydrogen) atoms. The molecular formula is C10H13NO2. The monoisotopic (exact) mass is 179 g/mol. The Morgan fingerprint density at radius 2 is 2.31 bits per heavy atom. The van der Waals surface area contributed by atoms with E-state index in [4.69, 9.17) is 10.5 Å². The fourth-order valence-electron chi connectivity index (χ4n) is 1.85. The molecule has 70 valence electrons. The lowest BCUT2D eigenvalue weighted by atomic mass is 10.1. The maximum atomic E-state index is 9.56. The number of ether oxygens (including phenoxy) is 1. The number of methoxy groups -OCH3 is 1. The molecule has 0 amide bonds. The van der Waals surface area contributed by atoms with E-state index >= 15 is 0 Å². The highest BCUT2D eigenvalue weighted by Crippen LogP contribution is 2.35. The van der Waals surface area contributed by atoms with Crippen molar-refractivity contribution in [3.05, 3.63) is 29.3 Å². The van der Waals surface area contributed by atoms with Crippen molar-refractivity contribution in [1.82, 2.24) is 0 Å². The highest BCUT2D eigenvalue weighted by molar-refractivity contribution is 5.46. The van der Waals surface area contributed by atoms with Gasteiger partial charge in [0.2, 0.25) is 0 Å². The van der Waals surface area contributed by atoms with Crippen LogP contribution in [0.15, 0.2) is 18.2 Å². The topological polar surface area (TPSA) is 55.5 Å². The summed E-state index contributed by atoms with van der Waals surface area (Å²) in [4.78, 5) is 0. The largest absolute Gasteiger partial charge is 0.496 e. The lowest BCUT2D eigenvalue weighted by Gasteiger charge is -2.08. The van der Waals surface area contributed by atoms with Gasteiger partial charge in [0, 0.05) is 12.0 Å². The van der Waals surface area contributed by atoms with Crippen LogP contribution in [0.1, 0.15) is 17.2 Å². The van der Waals surface area contributed by atoms with Gasteiger partial charge in [-0.3, -0.25) is 0 Å². The Morgan fingerprint density at radius 3 is 3.00 bits per heavy atom. The highest BCUT2D eigenvalue weighted by atomic mass is 16.5. The van der Waals surface area contributed by atoms with Crippen molar-refractivity contribution in [2.24, 2.45) is 5.73 Å². The van der Waals surface area contributed by atoms with Crippen molar-refractivity contribution in [1.29, 1.82) is 0 Å². The van der Waals surface area contributed by atoms with E-state index in [2.05, 4.69) is 0 Å². The second-order valence-corrected chi connectivity index (χ2v) is 3.33. The summed E-state index contributed by atoms with van der Waals surface area (Å²) in [6.45, 7) is 0. The second kappa shape index (κ2) is 3.01. The molecule has 0 aliphatic heterocycles. The maximum Gasteiger partial charge on any atom is 0.122 e. The Bertz CT molecular complexity index is 325. The summed E-state index contributed by atoms with van der Waals surface area (Å²) >= 11 is 0. The van der Waals surface area contributed by atoms with Gasteiger partial charge >= 0.3 is 0 Å². The first-order valence-electron chi connectivity index (χ1n) is 4.33. The maximum absolute atomic E-state index is 9.56. The quantitative estimate of drug-likeness (QED) is 0.664. The average Bonchev–Trinajstić information content (AvgIpc) is 2.43. The summed E-state index contributed by atoms with van der Waals surface area (Å²) < 4.78 is 5.19. The number of nitrogens with two attached hydrogens (primary N) is 1. The Labute approximate surface area is 77.1 Å². The van der Waals surface area contributed by atoms with E-state index in [-0.39, 0.29) is 6.04 Å². The zero-order valence-electron chi connectivity index (χ0n) is 7.53. The van der Waals surface area contributed by atoms with Crippen LogP contribution < -0.4 is 10.5 Å². The minimum atomic E-state index is -0.466. The smallest absolute Gasteiger partial charge is 0.122 e. The highest BCUT2D eigenvalue weighted by Gasteiger charge is 2.29. The molecule has 2 atom stereocenters. The molecule has 0 saturated heterocycles. The molecule has 0 spiro atoms. The molecular weight excluding hydrogens is 166 g/mol.